The highest BCUT2D eigenvalue weighted by molar-refractivity contribution is 5.35. The second-order valence-corrected chi connectivity index (χ2v) is 5.10. The number of nitrogens with zero attached hydrogens (tertiary/aromatic N) is 2. The quantitative estimate of drug-likeness (QED) is 0.621. The average Bonchev–Trinajstić information content (AvgIpc) is 2.41. The Bertz CT molecular complexity index is 365. The summed E-state index contributed by atoms with van der Waals surface area (Å²) >= 11 is 0. The van der Waals surface area contributed by atoms with Gasteiger partial charge in [0.25, 0.3) is 0 Å². The molecule has 0 spiro atoms. The molecule has 3 N–H and O–H groups in total. The summed E-state index contributed by atoms with van der Waals surface area (Å²) in [7, 11) is 0. The smallest absolute Gasteiger partial charge is 0.140 e. The molecule has 1 fully saturated rings. The molecule has 18 heavy (non-hydrogen) atoms. The summed E-state index contributed by atoms with van der Waals surface area (Å²) < 4.78 is 0. The van der Waals surface area contributed by atoms with Crippen LogP contribution < -0.4 is 11.3 Å². The predicted molar refractivity (Wildman–Crippen MR) is 75.0 cm³/mol. The zero-order valence-corrected chi connectivity index (χ0v) is 11.2. The summed E-state index contributed by atoms with van der Waals surface area (Å²) in [5.74, 6) is 6.15. The normalized spacial score (nSPS) is 20.9. The van der Waals surface area contributed by atoms with Gasteiger partial charge in [0.05, 0.1) is 0 Å². The Labute approximate surface area is 110 Å². The number of pyridine rings is 1. The van der Waals surface area contributed by atoms with Crippen LogP contribution >= 0.6 is 0 Å². The standard InChI is InChI=1S/C14H24N4/c1-2-5-13-6-3-4-9-18(13)11-12-7-8-16-14(10-12)17-15/h7-8,10,13H,2-6,9,11,15H2,1H3,(H,16,17). The van der Waals surface area contributed by atoms with Gasteiger partial charge in [-0.3, -0.25) is 4.90 Å². The van der Waals surface area contributed by atoms with Crippen molar-refractivity contribution in [1.82, 2.24) is 9.88 Å². The van der Waals surface area contributed by atoms with E-state index in [-0.39, 0.29) is 0 Å². The van der Waals surface area contributed by atoms with Crippen molar-refractivity contribution >= 4 is 5.82 Å². The van der Waals surface area contributed by atoms with Crippen LogP contribution in [0.3, 0.4) is 0 Å². The van der Waals surface area contributed by atoms with Crippen LogP contribution in [0.25, 0.3) is 0 Å². The number of hydrogen-bond donors (Lipinski definition) is 2. The molecule has 2 heterocycles. The van der Waals surface area contributed by atoms with Crippen molar-refractivity contribution in [2.75, 3.05) is 12.0 Å². The van der Waals surface area contributed by atoms with Crippen LogP contribution in [0.15, 0.2) is 18.3 Å². The summed E-state index contributed by atoms with van der Waals surface area (Å²) in [4.78, 5) is 6.77. The lowest BCUT2D eigenvalue weighted by Gasteiger charge is -2.35. The van der Waals surface area contributed by atoms with E-state index in [9.17, 15) is 0 Å². The molecule has 1 aliphatic heterocycles. The Balaban J connectivity index is 2.01. The van der Waals surface area contributed by atoms with Crippen LogP contribution in [-0.2, 0) is 6.54 Å². The summed E-state index contributed by atoms with van der Waals surface area (Å²) in [6, 6.07) is 4.88. The highest BCUT2D eigenvalue weighted by Crippen LogP contribution is 2.23. The van der Waals surface area contributed by atoms with E-state index < -0.39 is 0 Å². The first-order valence-electron chi connectivity index (χ1n) is 6.99. The molecular formula is C14H24N4. The first-order valence-corrected chi connectivity index (χ1v) is 6.99. The number of hydrogen-bond acceptors (Lipinski definition) is 4. The number of nitrogens with one attached hydrogen (secondary N) is 1. The van der Waals surface area contributed by atoms with E-state index in [1.165, 1.54) is 44.2 Å². The number of nitrogens with two attached hydrogens (primary N) is 1. The van der Waals surface area contributed by atoms with Crippen LogP contribution in [-0.4, -0.2) is 22.5 Å². The molecule has 0 saturated carbocycles. The first kappa shape index (κ1) is 13.3. The fourth-order valence-corrected chi connectivity index (χ4v) is 2.81. The van der Waals surface area contributed by atoms with Crippen LogP contribution in [0.5, 0.6) is 0 Å². The molecule has 4 heteroatoms. The molecule has 1 unspecified atom stereocenters. The number of hydrazine groups is 1. The second-order valence-electron chi connectivity index (χ2n) is 5.10. The van der Waals surface area contributed by atoms with Crippen LogP contribution in [0.4, 0.5) is 5.82 Å². The van der Waals surface area contributed by atoms with Crippen molar-refractivity contribution in [3.8, 4) is 0 Å². The minimum atomic E-state index is 0.747. The van der Waals surface area contributed by atoms with Crippen molar-refractivity contribution in [3.05, 3.63) is 23.9 Å². The van der Waals surface area contributed by atoms with Crippen molar-refractivity contribution in [2.45, 2.75) is 51.6 Å². The first-order chi connectivity index (χ1) is 8.83. The molecule has 0 aliphatic carbocycles. The van der Waals surface area contributed by atoms with Crippen molar-refractivity contribution in [2.24, 2.45) is 5.84 Å². The van der Waals surface area contributed by atoms with Crippen LogP contribution in [0.1, 0.15) is 44.6 Å². The molecular weight excluding hydrogens is 224 g/mol. The molecule has 0 aromatic carbocycles. The molecule has 1 saturated heterocycles. The molecule has 4 nitrogen and oxygen atoms in total. The molecule has 0 radical (unpaired) electrons. The number of nitrogen functional groups attached to an aromatic ring is 1. The van der Waals surface area contributed by atoms with E-state index in [1.807, 2.05) is 12.3 Å². The van der Waals surface area contributed by atoms with Crippen LogP contribution in [0, 0.1) is 0 Å². The lowest BCUT2D eigenvalue weighted by atomic mass is 9.97. The zero-order valence-electron chi connectivity index (χ0n) is 11.2. The van der Waals surface area contributed by atoms with Gasteiger partial charge < -0.3 is 5.43 Å². The number of piperidine rings is 1. The number of aromatic nitrogens is 1. The Morgan fingerprint density at radius 3 is 3.17 bits per heavy atom. The minimum absolute atomic E-state index is 0.747. The highest BCUT2D eigenvalue weighted by atomic mass is 15.2. The average molecular weight is 248 g/mol. The third kappa shape index (κ3) is 3.43. The van der Waals surface area contributed by atoms with E-state index in [0.29, 0.717) is 0 Å². The predicted octanol–water partition coefficient (Wildman–Crippen LogP) is 2.52. The molecule has 1 aliphatic rings. The molecule has 2 rings (SSSR count). The molecule has 100 valence electrons. The van der Waals surface area contributed by atoms with Gasteiger partial charge in [-0.2, -0.15) is 0 Å². The largest absolute Gasteiger partial charge is 0.308 e. The van der Waals surface area contributed by atoms with Gasteiger partial charge in [0.15, 0.2) is 0 Å². The Morgan fingerprint density at radius 2 is 2.39 bits per heavy atom. The van der Waals surface area contributed by atoms with Gasteiger partial charge in [-0.25, -0.2) is 10.8 Å². The lowest BCUT2D eigenvalue weighted by molar-refractivity contribution is 0.131. The molecule has 1 aromatic rings. The molecule has 0 amide bonds. The number of likely N-dealkylation sites (tertiary alicyclic amines) is 1. The van der Waals surface area contributed by atoms with Crippen molar-refractivity contribution in [1.29, 1.82) is 0 Å². The van der Waals surface area contributed by atoms with Gasteiger partial charge in [0.1, 0.15) is 5.82 Å². The molecule has 0 bridgehead atoms. The molecule has 1 atom stereocenters. The highest BCUT2D eigenvalue weighted by Gasteiger charge is 2.21. The number of rotatable bonds is 5. The van der Waals surface area contributed by atoms with Gasteiger partial charge in [-0.05, 0) is 43.5 Å². The van der Waals surface area contributed by atoms with E-state index in [2.05, 4.69) is 28.3 Å². The van der Waals surface area contributed by atoms with Crippen molar-refractivity contribution < 1.29 is 0 Å². The third-order valence-corrected chi connectivity index (χ3v) is 3.73. The van der Waals surface area contributed by atoms with Crippen LogP contribution in [0.2, 0.25) is 0 Å². The maximum Gasteiger partial charge on any atom is 0.140 e. The maximum atomic E-state index is 5.40. The van der Waals surface area contributed by atoms with E-state index in [1.54, 1.807) is 0 Å². The fourth-order valence-electron chi connectivity index (χ4n) is 2.81. The van der Waals surface area contributed by atoms with E-state index in [4.69, 9.17) is 5.84 Å². The Kier molecular flexibility index (Phi) is 4.96. The van der Waals surface area contributed by atoms with E-state index >= 15 is 0 Å². The van der Waals surface area contributed by atoms with E-state index in [0.717, 1.165) is 18.4 Å². The van der Waals surface area contributed by atoms with Gasteiger partial charge in [-0.15, -0.1) is 0 Å². The zero-order chi connectivity index (χ0) is 12.8. The monoisotopic (exact) mass is 248 g/mol. The maximum absolute atomic E-state index is 5.40. The number of anilines is 1. The topological polar surface area (TPSA) is 54.2 Å². The second kappa shape index (κ2) is 6.71. The minimum Gasteiger partial charge on any atom is -0.308 e. The molecule has 1 aromatic heterocycles. The third-order valence-electron chi connectivity index (χ3n) is 3.73. The summed E-state index contributed by atoms with van der Waals surface area (Å²) in [5, 5.41) is 0. The summed E-state index contributed by atoms with van der Waals surface area (Å²) in [6.07, 6.45) is 8.46. The summed E-state index contributed by atoms with van der Waals surface area (Å²) in [6.45, 7) is 4.51. The van der Waals surface area contributed by atoms with Crippen molar-refractivity contribution in [3.63, 3.8) is 0 Å². The Hall–Kier alpha value is -1.13. The lowest BCUT2D eigenvalue weighted by Crippen LogP contribution is -2.38. The summed E-state index contributed by atoms with van der Waals surface area (Å²) in [5.41, 5.74) is 3.90. The Morgan fingerprint density at radius 1 is 1.50 bits per heavy atom. The van der Waals surface area contributed by atoms with Gasteiger partial charge in [-0.1, -0.05) is 19.8 Å². The van der Waals surface area contributed by atoms with Gasteiger partial charge in [0, 0.05) is 18.8 Å². The van der Waals surface area contributed by atoms with Gasteiger partial charge >= 0.3 is 0 Å². The van der Waals surface area contributed by atoms with Gasteiger partial charge in [0.2, 0.25) is 0 Å². The fraction of sp³-hybridized carbons (Fsp3) is 0.643. The SMILES string of the molecule is CCCC1CCCCN1Cc1ccnc(NN)c1.